The topological polar surface area (TPSA) is 178 Å². The maximum atomic E-state index is 13.1. The Labute approximate surface area is 436 Å². The van der Waals surface area contributed by atoms with Crippen LogP contribution in [0.1, 0.15) is 84.4 Å². The molecule has 17 heteroatoms. The summed E-state index contributed by atoms with van der Waals surface area (Å²) in [6, 6.07) is 36.1. The second-order valence-corrected chi connectivity index (χ2v) is 18.4. The number of halogens is 2. The summed E-state index contributed by atoms with van der Waals surface area (Å²) >= 11 is 3.38. The number of hydrogen-bond acceptors (Lipinski definition) is 12. The molecule has 12 rings (SSSR count). The van der Waals surface area contributed by atoms with Gasteiger partial charge < -0.3 is 14.2 Å². The van der Waals surface area contributed by atoms with Gasteiger partial charge in [0.05, 0.1) is 74.3 Å². The number of hydrogen-bond donors (Lipinski definition) is 0. The van der Waals surface area contributed by atoms with Crippen molar-refractivity contribution in [3.63, 3.8) is 0 Å². The summed E-state index contributed by atoms with van der Waals surface area (Å²) in [5.74, 6) is -0.818. The van der Waals surface area contributed by atoms with Crippen LogP contribution in [-0.2, 0) is 19.6 Å². The van der Waals surface area contributed by atoms with E-state index in [-0.39, 0.29) is 49.1 Å². The van der Waals surface area contributed by atoms with Crippen molar-refractivity contribution in [1.29, 1.82) is 0 Å². The Balaban J connectivity index is 0.000000128. The lowest BCUT2D eigenvalue weighted by Crippen LogP contribution is -2.39. The van der Waals surface area contributed by atoms with E-state index in [1.807, 2.05) is 55.5 Å². The molecule has 0 spiro atoms. The van der Waals surface area contributed by atoms with Gasteiger partial charge in [0.25, 0.3) is 35.4 Å². The number of amides is 6. The molecule has 6 aromatic carbocycles. The second kappa shape index (κ2) is 20.4. The SMILES string of the molecule is COc1ccc2c3c(ccnc13)C(=O)N(Cc1ccc(Br)cc1)C2=O.COc1ccc2c3c(ccnc13)C(=O)N(Cc1ccc(C)cc1)C2=O.COc1ccc2c3c(ccnc13)C(=O)N(Cc1ccc(F)cc1)C2=O. The van der Waals surface area contributed by atoms with E-state index in [0.29, 0.717) is 88.9 Å². The van der Waals surface area contributed by atoms with Crippen molar-refractivity contribution in [2.45, 2.75) is 26.6 Å². The number of ether oxygens (including phenoxy) is 3. The molecular formula is C58H42BrFN6O9. The molecular weight excluding hydrogens is 1020 g/mol. The summed E-state index contributed by atoms with van der Waals surface area (Å²) < 4.78 is 29.9. The maximum Gasteiger partial charge on any atom is 0.261 e. The summed E-state index contributed by atoms with van der Waals surface area (Å²) in [6.45, 7) is 2.54. The maximum absolute atomic E-state index is 13.1. The molecule has 3 aliphatic heterocycles. The van der Waals surface area contributed by atoms with E-state index in [1.165, 1.54) is 42.3 Å². The third kappa shape index (κ3) is 9.07. The number of imide groups is 3. The van der Waals surface area contributed by atoms with Crippen molar-refractivity contribution < 1.29 is 47.4 Å². The molecule has 0 bridgehead atoms. The zero-order chi connectivity index (χ0) is 52.7. The Hall–Kier alpha value is -9.22. The van der Waals surface area contributed by atoms with E-state index in [0.717, 1.165) is 26.1 Å². The van der Waals surface area contributed by atoms with Crippen molar-refractivity contribution in [2.75, 3.05) is 21.3 Å². The van der Waals surface area contributed by atoms with Crippen molar-refractivity contribution >= 4 is 84.1 Å². The fraction of sp³-hybridized carbons (Fsp3) is 0.121. The third-order valence-electron chi connectivity index (χ3n) is 13.0. The lowest BCUT2D eigenvalue weighted by atomic mass is 9.96. The van der Waals surface area contributed by atoms with Gasteiger partial charge in [0.2, 0.25) is 0 Å². The predicted octanol–water partition coefficient (Wildman–Crippen LogP) is 10.3. The largest absolute Gasteiger partial charge is 0.494 e. The predicted molar refractivity (Wildman–Crippen MR) is 279 cm³/mol. The third-order valence-corrected chi connectivity index (χ3v) is 13.6. The van der Waals surface area contributed by atoms with Crippen LogP contribution < -0.4 is 14.2 Å². The highest BCUT2D eigenvalue weighted by Gasteiger charge is 2.37. The standard InChI is InChI=1S/C20H16N2O3.C19H13BrN2O3.C19H13FN2O3/c1-12-3-5-13(6-4-12)11-22-19(23)14-7-8-16(25-2)18-17(14)15(20(22)24)9-10-21-18;2*1-25-15-7-6-13-16-14(8-9-21-17(15)16)19(24)22(18(13)23)10-11-2-4-12(20)5-3-11/h3-10H,11H2,1-2H3;2*2-9H,10H2,1H3. The molecule has 372 valence electrons. The minimum Gasteiger partial charge on any atom is -0.494 e. The van der Waals surface area contributed by atoms with Crippen LogP contribution in [-0.4, -0.2) is 86.4 Å². The normalized spacial score (nSPS) is 13.4. The molecule has 75 heavy (non-hydrogen) atoms. The number of aryl methyl sites for hydroxylation is 1. The Morgan fingerprint density at radius 2 is 0.680 bits per heavy atom. The molecule has 3 aromatic heterocycles. The van der Waals surface area contributed by atoms with Crippen LogP contribution >= 0.6 is 15.9 Å². The Morgan fingerprint density at radius 3 is 0.987 bits per heavy atom. The number of rotatable bonds is 9. The fourth-order valence-corrected chi connectivity index (χ4v) is 9.56. The number of carbonyl (C=O) groups excluding carboxylic acids is 6. The van der Waals surface area contributed by atoms with Gasteiger partial charge in [-0.15, -0.1) is 0 Å². The van der Waals surface area contributed by atoms with Crippen LogP contribution in [0.15, 0.2) is 150 Å². The van der Waals surface area contributed by atoms with Gasteiger partial charge in [-0.3, -0.25) is 58.4 Å². The summed E-state index contributed by atoms with van der Waals surface area (Å²) in [4.78, 5) is 93.9. The van der Waals surface area contributed by atoms with E-state index in [2.05, 4.69) is 30.9 Å². The van der Waals surface area contributed by atoms with Crippen LogP contribution in [0.3, 0.4) is 0 Å². The van der Waals surface area contributed by atoms with Crippen molar-refractivity contribution in [3.8, 4) is 17.2 Å². The van der Waals surface area contributed by atoms with Crippen LogP contribution in [0.5, 0.6) is 17.2 Å². The number of nitrogens with zero attached hydrogens (tertiary/aromatic N) is 6. The number of aromatic nitrogens is 3. The fourth-order valence-electron chi connectivity index (χ4n) is 9.29. The first-order chi connectivity index (χ1) is 36.3. The van der Waals surface area contributed by atoms with Crippen molar-refractivity contribution in [3.05, 3.63) is 212 Å². The Morgan fingerprint density at radius 1 is 0.400 bits per heavy atom. The van der Waals surface area contributed by atoms with E-state index in [1.54, 1.807) is 86.2 Å². The highest BCUT2D eigenvalue weighted by atomic mass is 79.9. The molecule has 0 fully saturated rings. The monoisotopic (exact) mass is 1060 g/mol. The van der Waals surface area contributed by atoms with Gasteiger partial charge >= 0.3 is 0 Å². The van der Waals surface area contributed by atoms with E-state index in [4.69, 9.17) is 14.2 Å². The zero-order valence-corrected chi connectivity index (χ0v) is 42.2. The molecule has 0 saturated heterocycles. The molecule has 0 saturated carbocycles. The average molecular weight is 1070 g/mol. The minimum absolute atomic E-state index is 0.0766. The van der Waals surface area contributed by atoms with Crippen molar-refractivity contribution in [2.24, 2.45) is 0 Å². The number of methoxy groups -OCH3 is 3. The van der Waals surface area contributed by atoms with Gasteiger partial charge in [-0.2, -0.15) is 0 Å². The summed E-state index contributed by atoms with van der Waals surface area (Å²) in [5, 5.41) is 1.63. The molecule has 15 nitrogen and oxygen atoms in total. The van der Waals surface area contributed by atoms with Crippen molar-refractivity contribution in [1.82, 2.24) is 29.7 Å². The summed E-state index contributed by atoms with van der Waals surface area (Å²) in [7, 11) is 4.60. The van der Waals surface area contributed by atoms with E-state index in [9.17, 15) is 33.2 Å². The first kappa shape index (κ1) is 49.4. The number of pyridine rings is 3. The Bertz CT molecular complexity index is 3370. The second-order valence-electron chi connectivity index (χ2n) is 17.5. The average Bonchev–Trinajstić information content (AvgIpc) is 3.43. The quantitative estimate of drug-likeness (QED) is 0.125. The Kier molecular flexibility index (Phi) is 13.4. The van der Waals surface area contributed by atoms with E-state index >= 15 is 0 Å². The first-order valence-corrected chi connectivity index (χ1v) is 24.1. The van der Waals surface area contributed by atoms with Gasteiger partial charge in [-0.25, -0.2) is 4.39 Å². The van der Waals surface area contributed by atoms with E-state index < -0.39 is 11.8 Å². The van der Waals surface area contributed by atoms with Gasteiger partial charge in [0.1, 0.15) is 39.6 Å². The molecule has 6 amide bonds. The van der Waals surface area contributed by atoms with Gasteiger partial charge in [0.15, 0.2) is 0 Å². The van der Waals surface area contributed by atoms with Gasteiger partial charge in [0, 0.05) is 39.2 Å². The molecule has 0 N–H and O–H groups in total. The van der Waals surface area contributed by atoms with Crippen LogP contribution in [0.25, 0.3) is 32.7 Å². The molecule has 0 atom stereocenters. The molecule has 6 heterocycles. The number of benzene rings is 6. The zero-order valence-electron chi connectivity index (χ0n) is 40.6. The lowest BCUT2D eigenvalue weighted by molar-refractivity contribution is 0.0583. The number of carbonyl (C=O) groups is 6. The molecule has 0 radical (unpaired) electrons. The summed E-state index contributed by atoms with van der Waals surface area (Å²) in [5.41, 5.74) is 7.85. The lowest BCUT2D eigenvalue weighted by Gasteiger charge is -2.27. The molecule has 9 aromatic rings. The van der Waals surface area contributed by atoms with Crippen LogP contribution in [0.4, 0.5) is 4.39 Å². The van der Waals surface area contributed by atoms with Gasteiger partial charge in [-0.05, 0) is 102 Å². The van der Waals surface area contributed by atoms with Crippen LogP contribution in [0.2, 0.25) is 0 Å². The van der Waals surface area contributed by atoms with Crippen LogP contribution in [0, 0.1) is 12.7 Å². The highest BCUT2D eigenvalue weighted by molar-refractivity contribution is 9.10. The summed E-state index contributed by atoms with van der Waals surface area (Å²) in [6.07, 6.45) is 4.66. The molecule has 0 unspecified atom stereocenters. The molecule has 0 aliphatic carbocycles. The highest BCUT2D eigenvalue weighted by Crippen LogP contribution is 2.38. The smallest absolute Gasteiger partial charge is 0.261 e. The minimum atomic E-state index is -0.400. The molecule has 3 aliphatic rings. The first-order valence-electron chi connectivity index (χ1n) is 23.3. The van der Waals surface area contributed by atoms with Gasteiger partial charge in [-0.1, -0.05) is 70.0 Å².